The minimum atomic E-state index is -0.498. The molecule has 26 heavy (non-hydrogen) atoms. The average molecular weight is 372 g/mol. The number of nitrogens with one attached hydrogen (secondary N) is 1. The Bertz CT molecular complexity index is 983. The lowest BCUT2D eigenvalue weighted by Gasteiger charge is -2.09. The van der Waals surface area contributed by atoms with Gasteiger partial charge in [0.15, 0.2) is 0 Å². The molecule has 0 radical (unpaired) electrons. The van der Waals surface area contributed by atoms with Gasteiger partial charge >= 0.3 is 5.97 Å². The van der Waals surface area contributed by atoms with Gasteiger partial charge in [-0.25, -0.2) is 4.79 Å². The fourth-order valence-electron chi connectivity index (χ4n) is 2.56. The number of nitro benzene ring substituents is 1. The molecule has 0 fully saturated rings. The molecule has 0 spiro atoms. The number of nitrogens with zero attached hydrogens (tertiary/aromatic N) is 1. The van der Waals surface area contributed by atoms with Gasteiger partial charge in [0.1, 0.15) is 22.0 Å². The fraction of sp³-hybridized carbons (Fsp3) is 0.167. The van der Waals surface area contributed by atoms with Crippen LogP contribution < -0.4 is 10.1 Å². The summed E-state index contributed by atoms with van der Waals surface area (Å²) in [6.07, 6.45) is 0. The van der Waals surface area contributed by atoms with E-state index in [1.165, 1.54) is 24.5 Å². The number of fused-ring (bicyclic) bond motifs is 1. The van der Waals surface area contributed by atoms with E-state index in [1.807, 2.05) is 24.3 Å². The summed E-state index contributed by atoms with van der Waals surface area (Å²) in [4.78, 5) is 23.3. The van der Waals surface area contributed by atoms with Crippen LogP contribution in [-0.4, -0.2) is 24.6 Å². The highest BCUT2D eigenvalue weighted by Gasteiger charge is 2.23. The van der Waals surface area contributed by atoms with E-state index < -0.39 is 10.9 Å². The number of thiophene rings is 1. The van der Waals surface area contributed by atoms with Crippen LogP contribution in [0.3, 0.4) is 0 Å². The zero-order chi connectivity index (χ0) is 18.7. The van der Waals surface area contributed by atoms with Gasteiger partial charge in [0.2, 0.25) is 0 Å². The number of anilines is 2. The molecule has 0 aliphatic rings. The van der Waals surface area contributed by atoms with Gasteiger partial charge in [-0.05, 0) is 25.1 Å². The Morgan fingerprint density at radius 3 is 2.73 bits per heavy atom. The number of hydrogen-bond donors (Lipinski definition) is 1. The Morgan fingerprint density at radius 1 is 1.27 bits per heavy atom. The van der Waals surface area contributed by atoms with Gasteiger partial charge in [-0.2, -0.15) is 0 Å². The Labute approximate surface area is 153 Å². The van der Waals surface area contributed by atoms with E-state index in [4.69, 9.17) is 9.47 Å². The molecule has 3 aromatic rings. The van der Waals surface area contributed by atoms with Crippen LogP contribution in [0.4, 0.5) is 16.4 Å². The minimum Gasteiger partial charge on any atom is -0.496 e. The Kier molecular flexibility index (Phi) is 5.04. The maximum absolute atomic E-state index is 12.4. The Hall–Kier alpha value is -3.13. The number of esters is 1. The van der Waals surface area contributed by atoms with Gasteiger partial charge in [0.25, 0.3) is 5.69 Å². The second-order valence-electron chi connectivity index (χ2n) is 5.29. The normalized spacial score (nSPS) is 10.5. The molecule has 0 saturated carbocycles. The molecule has 0 saturated heterocycles. The fourth-order valence-corrected chi connectivity index (χ4v) is 3.66. The SMILES string of the molecule is CCOC(=O)c1c(Nc2ccc(OC)cc2[N+](=O)[O-])sc2ccccc12. The summed E-state index contributed by atoms with van der Waals surface area (Å²) < 4.78 is 11.1. The first-order chi connectivity index (χ1) is 12.5. The third kappa shape index (κ3) is 3.31. The van der Waals surface area contributed by atoms with Crippen molar-refractivity contribution in [2.24, 2.45) is 0 Å². The summed E-state index contributed by atoms with van der Waals surface area (Å²) in [7, 11) is 1.44. The molecular formula is C18H16N2O5S. The van der Waals surface area contributed by atoms with Crippen LogP contribution in [-0.2, 0) is 4.74 Å². The van der Waals surface area contributed by atoms with Gasteiger partial charge in [-0.3, -0.25) is 10.1 Å². The van der Waals surface area contributed by atoms with E-state index in [2.05, 4.69) is 5.32 Å². The van der Waals surface area contributed by atoms with E-state index >= 15 is 0 Å². The van der Waals surface area contributed by atoms with Crippen molar-refractivity contribution in [3.05, 3.63) is 58.1 Å². The first kappa shape index (κ1) is 17.7. The zero-order valence-corrected chi connectivity index (χ0v) is 15.0. The van der Waals surface area contributed by atoms with E-state index in [9.17, 15) is 14.9 Å². The maximum atomic E-state index is 12.4. The van der Waals surface area contributed by atoms with E-state index in [-0.39, 0.29) is 18.0 Å². The smallest absolute Gasteiger partial charge is 0.341 e. The van der Waals surface area contributed by atoms with E-state index in [0.29, 0.717) is 16.3 Å². The summed E-state index contributed by atoms with van der Waals surface area (Å²) in [5, 5.41) is 15.7. The summed E-state index contributed by atoms with van der Waals surface area (Å²) in [6.45, 7) is 1.97. The maximum Gasteiger partial charge on any atom is 0.341 e. The second-order valence-corrected chi connectivity index (χ2v) is 6.34. The number of carbonyl (C=O) groups is 1. The highest BCUT2D eigenvalue weighted by molar-refractivity contribution is 7.23. The summed E-state index contributed by atoms with van der Waals surface area (Å²) in [5.74, 6) is -0.0900. The van der Waals surface area contributed by atoms with Crippen LogP contribution in [0.25, 0.3) is 10.1 Å². The van der Waals surface area contributed by atoms with Gasteiger partial charge in [0.05, 0.1) is 24.7 Å². The van der Waals surface area contributed by atoms with Crippen LogP contribution in [0, 0.1) is 10.1 Å². The number of carbonyl (C=O) groups excluding carboxylic acids is 1. The first-order valence-electron chi connectivity index (χ1n) is 7.83. The third-order valence-corrected chi connectivity index (χ3v) is 4.81. The zero-order valence-electron chi connectivity index (χ0n) is 14.1. The standard InChI is InChI=1S/C18H16N2O5S/c1-3-25-18(21)16-12-6-4-5-7-15(12)26-17(16)19-13-9-8-11(24-2)10-14(13)20(22)23/h4-10,19H,3H2,1-2H3. The number of benzene rings is 2. The molecular weight excluding hydrogens is 356 g/mol. The molecule has 2 aromatic carbocycles. The van der Waals surface area contributed by atoms with Crippen molar-refractivity contribution in [1.29, 1.82) is 0 Å². The van der Waals surface area contributed by atoms with Crippen molar-refractivity contribution in [2.75, 3.05) is 19.0 Å². The molecule has 1 aromatic heterocycles. The Balaban J connectivity index is 2.11. The van der Waals surface area contributed by atoms with Crippen LogP contribution >= 0.6 is 11.3 Å². The van der Waals surface area contributed by atoms with Gasteiger partial charge in [0, 0.05) is 10.1 Å². The molecule has 0 atom stereocenters. The van der Waals surface area contributed by atoms with E-state index in [1.54, 1.807) is 19.1 Å². The molecule has 0 unspecified atom stereocenters. The molecule has 0 amide bonds. The largest absolute Gasteiger partial charge is 0.496 e. The van der Waals surface area contributed by atoms with Gasteiger partial charge in [-0.1, -0.05) is 18.2 Å². The quantitative estimate of drug-likeness (QED) is 0.382. The Morgan fingerprint density at radius 2 is 2.04 bits per heavy atom. The van der Waals surface area contributed by atoms with Gasteiger partial charge in [-0.15, -0.1) is 11.3 Å². The lowest BCUT2D eigenvalue weighted by atomic mass is 10.1. The molecule has 8 heteroatoms. The van der Waals surface area contributed by atoms with Crippen LogP contribution in [0.5, 0.6) is 5.75 Å². The van der Waals surface area contributed by atoms with Crippen molar-refractivity contribution in [2.45, 2.75) is 6.92 Å². The van der Waals surface area contributed by atoms with Crippen molar-refractivity contribution in [1.82, 2.24) is 0 Å². The predicted octanol–water partition coefficient (Wildman–Crippen LogP) is 4.74. The first-order valence-corrected chi connectivity index (χ1v) is 8.65. The van der Waals surface area contributed by atoms with Crippen molar-refractivity contribution >= 4 is 43.8 Å². The predicted molar refractivity (Wildman–Crippen MR) is 101 cm³/mol. The van der Waals surface area contributed by atoms with Crippen molar-refractivity contribution in [3.8, 4) is 5.75 Å². The summed E-state index contributed by atoms with van der Waals surface area (Å²) in [5.41, 5.74) is 0.502. The topological polar surface area (TPSA) is 90.7 Å². The molecule has 7 nitrogen and oxygen atoms in total. The van der Waals surface area contributed by atoms with Crippen LogP contribution in [0.1, 0.15) is 17.3 Å². The molecule has 1 N–H and O–H groups in total. The third-order valence-electron chi connectivity index (χ3n) is 3.72. The summed E-state index contributed by atoms with van der Waals surface area (Å²) >= 11 is 1.34. The molecule has 0 aliphatic heterocycles. The monoisotopic (exact) mass is 372 g/mol. The molecule has 0 aliphatic carbocycles. The van der Waals surface area contributed by atoms with Crippen molar-refractivity contribution in [3.63, 3.8) is 0 Å². The van der Waals surface area contributed by atoms with Gasteiger partial charge < -0.3 is 14.8 Å². The molecule has 134 valence electrons. The number of nitro groups is 1. The van der Waals surface area contributed by atoms with Crippen LogP contribution in [0.15, 0.2) is 42.5 Å². The number of rotatable bonds is 6. The minimum absolute atomic E-state index is 0.142. The molecule has 0 bridgehead atoms. The molecule has 3 rings (SSSR count). The average Bonchev–Trinajstić information content (AvgIpc) is 3.00. The highest BCUT2D eigenvalue weighted by atomic mass is 32.1. The number of methoxy groups -OCH3 is 1. The summed E-state index contributed by atoms with van der Waals surface area (Å²) in [6, 6.07) is 11.9. The number of hydrogen-bond acceptors (Lipinski definition) is 7. The lowest BCUT2D eigenvalue weighted by Crippen LogP contribution is -2.07. The highest BCUT2D eigenvalue weighted by Crippen LogP contribution is 2.40. The lowest BCUT2D eigenvalue weighted by molar-refractivity contribution is -0.384. The number of ether oxygens (including phenoxy) is 2. The second kappa shape index (κ2) is 7.40. The van der Waals surface area contributed by atoms with E-state index in [0.717, 1.165) is 10.1 Å². The molecule has 1 heterocycles. The van der Waals surface area contributed by atoms with Crippen molar-refractivity contribution < 1.29 is 19.2 Å². The van der Waals surface area contributed by atoms with Crippen LogP contribution in [0.2, 0.25) is 0 Å².